The summed E-state index contributed by atoms with van der Waals surface area (Å²) in [5, 5.41) is 12.8. The SMILES string of the molecule is CCOC(=O)C1([N+](=O)[O-])[C@H](CC(=O)c2ccccc2)c2ccccc2[C@@H]1CC(=O)c1ccccc1. The number of hydrogen-bond acceptors (Lipinski definition) is 6. The summed E-state index contributed by atoms with van der Waals surface area (Å²) in [4.78, 5) is 52.1. The van der Waals surface area contributed by atoms with Crippen LogP contribution in [-0.4, -0.2) is 34.6 Å². The number of Topliss-reactive ketones (excluding diaryl/α,β-unsaturated/α-hetero) is 2. The van der Waals surface area contributed by atoms with Crippen LogP contribution in [0.2, 0.25) is 0 Å². The van der Waals surface area contributed by atoms with Gasteiger partial charge in [-0.05, 0) is 18.1 Å². The first-order valence-corrected chi connectivity index (χ1v) is 11.5. The maximum Gasteiger partial charge on any atom is 0.386 e. The van der Waals surface area contributed by atoms with Gasteiger partial charge in [-0.1, -0.05) is 84.9 Å². The van der Waals surface area contributed by atoms with Crippen molar-refractivity contribution in [3.8, 4) is 0 Å². The Kier molecular flexibility index (Phi) is 6.87. The Morgan fingerprint density at radius 1 is 0.771 bits per heavy atom. The van der Waals surface area contributed by atoms with Gasteiger partial charge in [0.25, 0.3) is 0 Å². The predicted octanol–water partition coefficient (Wildman–Crippen LogP) is 4.99. The minimum Gasteiger partial charge on any atom is -0.461 e. The molecule has 0 heterocycles. The van der Waals surface area contributed by atoms with Crippen LogP contribution in [0.1, 0.15) is 63.4 Å². The van der Waals surface area contributed by atoms with Gasteiger partial charge in [0.05, 0.1) is 18.4 Å². The molecule has 0 bridgehead atoms. The fraction of sp³-hybridized carbons (Fsp3) is 0.250. The first-order valence-electron chi connectivity index (χ1n) is 11.5. The number of esters is 1. The molecule has 3 aromatic rings. The first-order chi connectivity index (χ1) is 16.9. The minimum atomic E-state index is -2.31. The highest BCUT2D eigenvalue weighted by Gasteiger charge is 2.69. The largest absolute Gasteiger partial charge is 0.461 e. The number of benzene rings is 3. The van der Waals surface area contributed by atoms with Crippen LogP contribution in [0.3, 0.4) is 0 Å². The van der Waals surface area contributed by atoms with E-state index in [2.05, 4.69) is 0 Å². The van der Waals surface area contributed by atoms with E-state index < -0.39 is 28.3 Å². The van der Waals surface area contributed by atoms with Crippen molar-refractivity contribution in [1.82, 2.24) is 0 Å². The molecule has 0 aromatic heterocycles. The normalized spacial score (nSPS) is 20.6. The van der Waals surface area contributed by atoms with Gasteiger partial charge >= 0.3 is 11.5 Å². The number of ketones is 2. The van der Waals surface area contributed by atoms with Gasteiger partial charge in [-0.25, -0.2) is 4.79 Å². The van der Waals surface area contributed by atoms with E-state index in [9.17, 15) is 24.5 Å². The second kappa shape index (κ2) is 10.0. The first kappa shape index (κ1) is 24.0. The van der Waals surface area contributed by atoms with E-state index in [-0.39, 0.29) is 31.0 Å². The lowest BCUT2D eigenvalue weighted by Gasteiger charge is -2.30. The number of rotatable bonds is 9. The summed E-state index contributed by atoms with van der Waals surface area (Å²) >= 11 is 0. The molecule has 178 valence electrons. The summed E-state index contributed by atoms with van der Waals surface area (Å²) in [5.41, 5.74) is -0.473. The van der Waals surface area contributed by atoms with Gasteiger partial charge in [0.1, 0.15) is 0 Å². The summed E-state index contributed by atoms with van der Waals surface area (Å²) in [6.07, 6.45) is -0.534. The number of nitro groups is 1. The van der Waals surface area contributed by atoms with Crippen molar-refractivity contribution < 1.29 is 24.0 Å². The van der Waals surface area contributed by atoms with Crippen LogP contribution in [-0.2, 0) is 9.53 Å². The molecule has 1 aliphatic carbocycles. The molecule has 1 unspecified atom stereocenters. The molecule has 4 rings (SSSR count). The Balaban J connectivity index is 1.85. The molecule has 0 fully saturated rings. The van der Waals surface area contributed by atoms with E-state index in [1.165, 1.54) is 0 Å². The van der Waals surface area contributed by atoms with Gasteiger partial charge in [0, 0.05) is 28.9 Å². The second-order valence-electron chi connectivity index (χ2n) is 8.52. The molecule has 0 saturated carbocycles. The van der Waals surface area contributed by atoms with Crippen LogP contribution in [0.5, 0.6) is 0 Å². The van der Waals surface area contributed by atoms with Gasteiger partial charge in [-0.3, -0.25) is 19.7 Å². The van der Waals surface area contributed by atoms with E-state index in [1.807, 2.05) is 0 Å². The summed E-state index contributed by atoms with van der Waals surface area (Å²) in [7, 11) is 0. The number of ether oxygens (including phenoxy) is 1. The van der Waals surface area contributed by atoms with Crippen LogP contribution in [0.4, 0.5) is 0 Å². The van der Waals surface area contributed by atoms with Crippen molar-refractivity contribution in [2.24, 2.45) is 0 Å². The zero-order chi connectivity index (χ0) is 25.0. The van der Waals surface area contributed by atoms with E-state index in [0.29, 0.717) is 22.3 Å². The number of nitrogens with zero attached hydrogens (tertiary/aromatic N) is 1. The molecule has 7 nitrogen and oxygen atoms in total. The van der Waals surface area contributed by atoms with Crippen molar-refractivity contribution in [2.75, 3.05) is 6.61 Å². The second-order valence-corrected chi connectivity index (χ2v) is 8.52. The predicted molar refractivity (Wildman–Crippen MR) is 129 cm³/mol. The van der Waals surface area contributed by atoms with E-state index in [1.54, 1.807) is 91.9 Å². The van der Waals surface area contributed by atoms with Gasteiger partial charge < -0.3 is 4.74 Å². The number of carbonyl (C=O) groups is 3. The van der Waals surface area contributed by atoms with Crippen LogP contribution >= 0.6 is 0 Å². The van der Waals surface area contributed by atoms with Gasteiger partial charge in [-0.2, -0.15) is 0 Å². The van der Waals surface area contributed by atoms with Gasteiger partial charge in [-0.15, -0.1) is 0 Å². The number of hydrogen-bond donors (Lipinski definition) is 0. The fourth-order valence-electron chi connectivity index (χ4n) is 5.11. The minimum absolute atomic E-state index is 0.0660. The summed E-state index contributed by atoms with van der Waals surface area (Å²) in [6, 6.07) is 23.8. The quantitative estimate of drug-likeness (QED) is 0.188. The molecule has 35 heavy (non-hydrogen) atoms. The van der Waals surface area contributed by atoms with E-state index in [0.717, 1.165) is 0 Å². The molecule has 0 N–H and O–H groups in total. The fourth-order valence-corrected chi connectivity index (χ4v) is 5.11. The third-order valence-corrected chi connectivity index (χ3v) is 6.68. The maximum absolute atomic E-state index is 13.4. The molecule has 1 aliphatic rings. The number of fused-ring (bicyclic) bond motifs is 1. The van der Waals surface area contributed by atoms with E-state index in [4.69, 9.17) is 4.74 Å². The van der Waals surface area contributed by atoms with Crippen molar-refractivity contribution in [2.45, 2.75) is 37.1 Å². The lowest BCUT2D eigenvalue weighted by atomic mass is 9.74. The Bertz CT molecular complexity index is 1170. The molecule has 0 aliphatic heterocycles. The molecule has 0 radical (unpaired) electrons. The Labute approximate surface area is 202 Å². The lowest BCUT2D eigenvalue weighted by Crippen LogP contribution is -2.54. The molecule has 3 aromatic carbocycles. The zero-order valence-electron chi connectivity index (χ0n) is 19.3. The monoisotopic (exact) mass is 471 g/mol. The van der Waals surface area contributed by atoms with E-state index >= 15 is 0 Å². The van der Waals surface area contributed by atoms with Crippen LogP contribution in [0, 0.1) is 10.1 Å². The van der Waals surface area contributed by atoms with Gasteiger partial charge in [0.15, 0.2) is 11.6 Å². The Hall–Kier alpha value is -4.13. The highest BCUT2D eigenvalue weighted by atomic mass is 16.6. The summed E-state index contributed by atoms with van der Waals surface area (Å²) in [5.74, 6) is -3.85. The average molecular weight is 472 g/mol. The number of carbonyl (C=O) groups excluding carboxylic acids is 3. The molecule has 0 saturated heterocycles. The smallest absolute Gasteiger partial charge is 0.386 e. The third-order valence-electron chi connectivity index (χ3n) is 6.68. The Morgan fingerprint density at radius 3 is 1.54 bits per heavy atom. The molecule has 0 amide bonds. The van der Waals surface area contributed by atoms with Crippen molar-refractivity contribution >= 4 is 17.5 Å². The molecular formula is C28H25NO6. The lowest BCUT2D eigenvalue weighted by molar-refractivity contribution is -0.562. The van der Waals surface area contributed by atoms with Crippen LogP contribution in [0.25, 0.3) is 0 Å². The standard InChI is InChI=1S/C28H25NO6/c1-2-35-27(32)28(29(33)34)23(17-25(30)19-11-5-3-6-12-19)21-15-9-10-16-22(21)24(28)18-26(31)20-13-7-4-8-14-20/h3-16,23-24H,2,17-18H2,1H3/t23-,24+,28?. The van der Waals surface area contributed by atoms with Crippen LogP contribution < -0.4 is 0 Å². The molecular weight excluding hydrogens is 446 g/mol. The summed E-state index contributed by atoms with van der Waals surface area (Å²) < 4.78 is 5.25. The van der Waals surface area contributed by atoms with Crippen molar-refractivity contribution in [3.05, 3.63) is 117 Å². The highest BCUT2D eigenvalue weighted by molar-refractivity contribution is 6.00. The average Bonchev–Trinajstić information content (AvgIpc) is 3.15. The molecule has 0 spiro atoms. The third kappa shape index (κ3) is 4.25. The summed E-state index contributed by atoms with van der Waals surface area (Å²) in [6.45, 7) is 1.51. The van der Waals surface area contributed by atoms with Crippen molar-refractivity contribution in [3.63, 3.8) is 0 Å². The maximum atomic E-state index is 13.4. The Morgan fingerprint density at radius 2 is 1.17 bits per heavy atom. The highest BCUT2D eigenvalue weighted by Crippen LogP contribution is 2.55. The molecule has 3 atom stereocenters. The topological polar surface area (TPSA) is 104 Å². The van der Waals surface area contributed by atoms with Gasteiger partial charge in [0.2, 0.25) is 0 Å². The molecule has 7 heteroatoms. The van der Waals surface area contributed by atoms with Crippen LogP contribution in [0.15, 0.2) is 84.9 Å². The van der Waals surface area contributed by atoms with Crippen molar-refractivity contribution in [1.29, 1.82) is 0 Å². The zero-order valence-corrected chi connectivity index (χ0v) is 19.3.